The third-order valence-electron chi connectivity index (χ3n) is 8.86. The Balaban J connectivity index is -0.0000000171. The molecule has 0 saturated carbocycles. The summed E-state index contributed by atoms with van der Waals surface area (Å²) in [5.74, 6) is -31.2. The van der Waals surface area contributed by atoms with Crippen LogP contribution in [-0.2, 0) is 173 Å². The molecule has 4 heterocycles. The number of carboxylic acid groups (broad SMARTS) is 17. The number of aliphatic hydroxyl groups excluding tert-OH is 2. The molecule has 4 aliphatic heterocycles. The average molecular weight is 2130 g/mol. The fourth-order valence-electron chi connectivity index (χ4n) is 4.84. The van der Waals surface area contributed by atoms with Crippen molar-refractivity contribution >= 4 is 101 Å². The monoisotopic (exact) mass is 2130 g/mol. The van der Waals surface area contributed by atoms with E-state index in [0.29, 0.717) is 0 Å². The molecule has 0 amide bonds. The third-order valence-corrected chi connectivity index (χ3v) is 8.86. The maximum absolute atomic E-state index is 10.6. The summed E-state index contributed by atoms with van der Waals surface area (Å²) in [5, 5.41) is 217. The summed E-state index contributed by atoms with van der Waals surface area (Å²) in [4.78, 5) is 202. The van der Waals surface area contributed by atoms with Crippen molar-refractivity contribution < 1.29 is 413 Å². The normalized spacial score (nSPS) is 9.51. The van der Waals surface area contributed by atoms with Crippen molar-refractivity contribution in [2.24, 2.45) is 17.3 Å². The Morgan fingerprint density at radius 3 is 0.516 bits per heavy atom. The zero-order valence-electron chi connectivity index (χ0n) is 65.6. The van der Waals surface area contributed by atoms with Crippen molar-refractivity contribution in [1.29, 1.82) is 0 Å². The molecule has 78 heteroatoms. The van der Waals surface area contributed by atoms with E-state index < -0.39 is 219 Å². The van der Waals surface area contributed by atoms with Gasteiger partial charge in [0.15, 0.2) is 34.7 Å². The maximum atomic E-state index is 10.6. The van der Waals surface area contributed by atoms with Crippen LogP contribution in [0.3, 0.4) is 0 Å². The first-order chi connectivity index (χ1) is 44.1. The van der Waals surface area contributed by atoms with Gasteiger partial charge in [-0.05, 0) is 6.92 Å². The van der Waals surface area contributed by atoms with Crippen LogP contribution in [-0.4, -0.2) is 362 Å². The Hall–Kier alpha value is -10.7. The third kappa shape index (κ3) is 153. The van der Waals surface area contributed by atoms with Crippen molar-refractivity contribution in [3.8, 4) is 0 Å². The second-order valence-corrected chi connectivity index (χ2v) is 17.0. The minimum Gasteiger partial charge on any atom is -0.505 e. The van der Waals surface area contributed by atoms with Gasteiger partial charge < -0.3 is 253 Å². The first-order valence-corrected chi connectivity index (χ1v) is 24.1. The van der Waals surface area contributed by atoms with E-state index in [1.54, 1.807) is 0 Å². The number of carbonyl (C=O) groups is 17. The van der Waals surface area contributed by atoms with E-state index in [1.165, 1.54) is 0 Å². The minimum atomic E-state index is -2.54. The molecule has 0 aliphatic carbocycles. The van der Waals surface area contributed by atoms with E-state index in [0.717, 1.165) is 6.92 Å². The Labute approximate surface area is 761 Å². The van der Waals surface area contributed by atoms with Crippen LogP contribution < -0.4 is 36.9 Å². The van der Waals surface area contributed by atoms with Gasteiger partial charge >= 0.3 is 116 Å². The molecule has 81 N–H and O–H groups in total. The minimum absolute atomic E-state index is 0. The average Bonchev–Trinajstić information content (AvgIpc) is 1.61. The van der Waals surface area contributed by atoms with Crippen LogP contribution in [0.5, 0.6) is 0 Å². The summed E-state index contributed by atoms with van der Waals surface area (Å²) in [6.07, 6.45) is -9.00. The van der Waals surface area contributed by atoms with Crippen LogP contribution in [0.1, 0.15) is 138 Å². The van der Waals surface area contributed by atoms with Crippen LogP contribution in [0.2, 0.25) is 0 Å². The van der Waals surface area contributed by atoms with Crippen molar-refractivity contribution in [2.75, 3.05) is 0 Å². The summed E-state index contributed by atoms with van der Waals surface area (Å²) in [6, 6.07) is 0. The van der Waals surface area contributed by atoms with Gasteiger partial charge in [-0.25, -0.2) is 19.6 Å². The molecule has 0 radical (unpaired) electrons. The van der Waals surface area contributed by atoms with E-state index in [1.807, 2.05) is 13.8 Å². The van der Waals surface area contributed by atoms with E-state index in [4.69, 9.17) is 138 Å². The Bertz CT molecular complexity index is 2520. The van der Waals surface area contributed by atoms with Crippen molar-refractivity contribution in [3.63, 3.8) is 0 Å². The molecule has 0 aromatic rings. The molecule has 4 aliphatic rings. The molecule has 800 valence electrons. The molecule has 0 aromatic carbocycles. The molecular weight excluding hydrogens is 1990 g/mol. The Morgan fingerprint density at radius 1 is 0.305 bits per heavy atom. The van der Waals surface area contributed by atoms with E-state index >= 15 is 0 Å². The fraction of sp³-hybridized carbons (Fsp3) is 0.540. The topological polar surface area (TPSA) is 1710 Å². The van der Waals surface area contributed by atoms with Gasteiger partial charge in [0.05, 0.1) is 81.5 Å². The number of aliphatic hydroxyl groups is 6. The number of aliphatic carboxylic acids is 17. The maximum Gasteiger partial charge on any atom is 1.00 e. The van der Waals surface area contributed by atoms with Crippen LogP contribution in [0.25, 0.3) is 0 Å². The SMILES string of the molecule is C.C.C.C.C.CC.CC(CC(=O)O)(CC(=O)O)C(=O)O.N.N.N.N.N.N.O.O.O.O.O.O.O.O.O.O.O.O.O.O.O.O.O.O.O=C(O)CC(CC(=O)O)C(=O)O.O=C(O)CC(CC(=O)O)C(=O)O.O=C(O)CC(O)(CC(=O)O)C1(O)OO1.O=C(O)CC(O)(CC(=O)O)C1(O)OO1.O=C(O)CC(O)=C1OO1.O=C(O)CC(O)=C1OO1.OO.OO.[CH2-]C(=O)O.[CH2-]C(=O)O.[H+].[H+].[Zr].[Zr]. The van der Waals surface area contributed by atoms with Crippen LogP contribution in [0.15, 0.2) is 23.4 Å². The zero-order valence-corrected chi connectivity index (χ0v) is 68.5. The largest absolute Gasteiger partial charge is 1.00 e. The molecule has 0 unspecified atom stereocenters. The summed E-state index contributed by atoms with van der Waals surface area (Å²) in [5.41, 5.74) is -6.73. The number of carboxylic acids is 17. The predicted molar refractivity (Wildman–Crippen MR) is 412 cm³/mol. The summed E-state index contributed by atoms with van der Waals surface area (Å²) >= 11 is 0. The zero-order chi connectivity index (χ0) is 78.9. The van der Waals surface area contributed by atoms with Gasteiger partial charge in [-0.3, -0.25) is 116 Å². The molecule has 0 bridgehead atoms. The number of hydrogen-bond acceptors (Lipinski definition) is 41. The van der Waals surface area contributed by atoms with Crippen molar-refractivity contribution in [2.45, 2.75) is 158 Å². The quantitative estimate of drug-likeness (QED) is 0.0109. The molecule has 4 rings (SSSR count). The van der Waals surface area contributed by atoms with Crippen LogP contribution in [0, 0.1) is 31.1 Å². The van der Waals surface area contributed by atoms with Gasteiger partial charge in [0.2, 0.25) is 0 Å². The van der Waals surface area contributed by atoms with Gasteiger partial charge in [-0.2, -0.15) is 19.6 Å². The molecule has 76 nitrogen and oxygen atoms in total. The molecule has 0 atom stereocenters. The Kier molecular flexibility index (Phi) is 267. The second kappa shape index (κ2) is 132. The smallest absolute Gasteiger partial charge is 0.505 e. The summed E-state index contributed by atoms with van der Waals surface area (Å²) < 4.78 is 0. The summed E-state index contributed by atoms with van der Waals surface area (Å²) in [6.45, 7) is 10.2. The second-order valence-electron chi connectivity index (χ2n) is 17.0. The van der Waals surface area contributed by atoms with Gasteiger partial charge in [-0.15, -0.1) is 0 Å². The van der Waals surface area contributed by atoms with Crippen LogP contribution in [0.4, 0.5) is 0 Å². The molecule has 128 heavy (non-hydrogen) atoms. The molecule has 4 saturated heterocycles. The van der Waals surface area contributed by atoms with Gasteiger partial charge in [0.25, 0.3) is 0 Å². The molecule has 4 fully saturated rings. The van der Waals surface area contributed by atoms with Gasteiger partial charge in [0, 0.05) is 52.4 Å². The van der Waals surface area contributed by atoms with Gasteiger partial charge in [0.1, 0.15) is 12.8 Å². The molecular formula is C50H142N6O70Zr2. The van der Waals surface area contributed by atoms with Crippen LogP contribution >= 0.6 is 0 Å². The Morgan fingerprint density at radius 2 is 0.438 bits per heavy atom. The molecule has 0 aromatic heterocycles. The fourth-order valence-corrected chi connectivity index (χ4v) is 4.84. The standard InChI is InChI=1S/C7H10O6.2C6H8O8.2C6H8O6.2C4H4O5.2C2H3O2.C2H6.5CH4.6H3N.2H2O2.18H2O.2Zr/c1-7(6(12)13,2-4(8)9)3-5(10)11;2*7-3(8)1-5(11,2-4(9)10)6(12)13-14-6;2*7-4(8)1-3(6(11)12)2-5(9)10;2*5-2(1-3(6)7)4-8-9-4;2*1-2(3)4;1-2;;;;;;;;;;;;2*1-2;;;;;;;;;;;;;;;;;;;;/h2-3H2,1H3,(H,8,9)(H,10,11)(H,12,13);2*11-12H,1-2H2,(H,7,8)(H,9,10);2*3H,1-2H2,(H,7,8)(H,9,10)(H,11,12);2*5H,1H2,(H,6,7);2*1H2,(H,3,4);1-2H3;5*1H4;6*1H3;2*1-2H;18*1H2;;/q;;;;;;;2*-1;;;;;;;;;;;;;;;;;;;;;;;;;;;;;;;;;;/p+2. The number of rotatable bonds is 29. The first-order valence-electron chi connectivity index (χ1n) is 24.1. The van der Waals surface area contributed by atoms with Crippen molar-refractivity contribution in [3.05, 3.63) is 37.3 Å². The predicted octanol–water partition coefficient (Wildman–Crippen LogP) is -13.5. The molecule has 0 spiro atoms. The van der Waals surface area contributed by atoms with E-state index in [9.17, 15) is 82.1 Å². The first kappa shape index (κ1) is 259. The summed E-state index contributed by atoms with van der Waals surface area (Å²) in [7, 11) is 0. The van der Waals surface area contributed by atoms with E-state index in [-0.39, 0.29) is 251 Å². The number of hydrogen-bond donors (Lipinski definition) is 33. The van der Waals surface area contributed by atoms with Gasteiger partial charge in [-0.1, -0.05) is 51.0 Å². The van der Waals surface area contributed by atoms with Crippen molar-refractivity contribution in [1.82, 2.24) is 36.9 Å². The van der Waals surface area contributed by atoms with E-state index in [2.05, 4.69) is 52.9 Å².